The molecule has 2 rings (SSSR count). The second kappa shape index (κ2) is 5.19. The van der Waals surface area contributed by atoms with E-state index in [2.05, 4.69) is 0 Å². The molecule has 0 aromatic heterocycles. The van der Waals surface area contributed by atoms with E-state index in [0.717, 1.165) is 16.9 Å². The smallest absolute Gasteiger partial charge is 0.126 e. The highest BCUT2D eigenvalue weighted by atomic mass is 19.1. The van der Waals surface area contributed by atoms with E-state index in [1.54, 1.807) is 26.2 Å². The Kier molecular flexibility index (Phi) is 3.63. The number of nitrogens with two attached hydrogens (primary N) is 1. The molecule has 1 unspecified atom stereocenters. The van der Waals surface area contributed by atoms with E-state index in [0.29, 0.717) is 5.56 Å². The van der Waals surface area contributed by atoms with E-state index in [4.69, 9.17) is 10.5 Å². The minimum atomic E-state index is -0.319. The molecule has 0 saturated carbocycles. The SMILES string of the molecule is COc1ccccc1C(N)c1ccc(F)c(C)c1. The zero-order chi connectivity index (χ0) is 13.1. The molecular weight excluding hydrogens is 229 g/mol. The third kappa shape index (κ3) is 2.36. The van der Waals surface area contributed by atoms with Crippen molar-refractivity contribution in [3.63, 3.8) is 0 Å². The molecule has 2 N–H and O–H groups in total. The van der Waals surface area contributed by atoms with E-state index in [1.165, 1.54) is 6.07 Å². The molecule has 2 aromatic rings. The van der Waals surface area contributed by atoms with Crippen LogP contribution in [0, 0.1) is 12.7 Å². The van der Waals surface area contributed by atoms with Crippen molar-refractivity contribution in [2.45, 2.75) is 13.0 Å². The average molecular weight is 245 g/mol. The van der Waals surface area contributed by atoms with Crippen molar-refractivity contribution < 1.29 is 9.13 Å². The van der Waals surface area contributed by atoms with Crippen LogP contribution >= 0.6 is 0 Å². The zero-order valence-electron chi connectivity index (χ0n) is 10.5. The summed E-state index contributed by atoms with van der Waals surface area (Å²) in [6.07, 6.45) is 0. The van der Waals surface area contributed by atoms with Crippen molar-refractivity contribution in [1.29, 1.82) is 0 Å². The van der Waals surface area contributed by atoms with Crippen molar-refractivity contribution in [2.24, 2.45) is 5.73 Å². The van der Waals surface area contributed by atoms with Crippen molar-refractivity contribution in [1.82, 2.24) is 0 Å². The molecule has 0 aliphatic heterocycles. The summed E-state index contributed by atoms with van der Waals surface area (Å²) in [5.74, 6) is 0.526. The summed E-state index contributed by atoms with van der Waals surface area (Å²) in [6.45, 7) is 1.73. The third-order valence-corrected chi connectivity index (χ3v) is 3.02. The van der Waals surface area contributed by atoms with Crippen LogP contribution in [0.1, 0.15) is 22.7 Å². The number of para-hydroxylation sites is 1. The molecule has 0 aliphatic carbocycles. The summed E-state index contributed by atoms with van der Waals surface area (Å²) in [4.78, 5) is 0. The van der Waals surface area contributed by atoms with Crippen LogP contribution in [-0.2, 0) is 0 Å². The number of aryl methyl sites for hydroxylation is 1. The lowest BCUT2D eigenvalue weighted by Gasteiger charge is -2.16. The van der Waals surface area contributed by atoms with Gasteiger partial charge in [-0.1, -0.05) is 30.3 Å². The number of hydrogen-bond donors (Lipinski definition) is 1. The van der Waals surface area contributed by atoms with Gasteiger partial charge in [-0.3, -0.25) is 0 Å². The highest BCUT2D eigenvalue weighted by Crippen LogP contribution is 2.28. The highest BCUT2D eigenvalue weighted by Gasteiger charge is 2.14. The zero-order valence-corrected chi connectivity index (χ0v) is 10.5. The van der Waals surface area contributed by atoms with Crippen molar-refractivity contribution in [2.75, 3.05) is 7.11 Å². The predicted octanol–water partition coefficient (Wildman–Crippen LogP) is 3.19. The first-order valence-electron chi connectivity index (χ1n) is 5.78. The number of halogens is 1. The molecule has 1 atom stereocenters. The number of ether oxygens (including phenoxy) is 1. The molecule has 0 radical (unpaired) electrons. The normalized spacial score (nSPS) is 12.2. The largest absolute Gasteiger partial charge is 0.496 e. The van der Waals surface area contributed by atoms with Gasteiger partial charge in [0, 0.05) is 5.56 Å². The van der Waals surface area contributed by atoms with Gasteiger partial charge in [-0.25, -0.2) is 4.39 Å². The van der Waals surface area contributed by atoms with Gasteiger partial charge in [-0.15, -0.1) is 0 Å². The Morgan fingerprint density at radius 1 is 1.17 bits per heavy atom. The van der Waals surface area contributed by atoms with Gasteiger partial charge in [0.2, 0.25) is 0 Å². The predicted molar refractivity (Wildman–Crippen MR) is 70.2 cm³/mol. The van der Waals surface area contributed by atoms with Gasteiger partial charge in [-0.2, -0.15) is 0 Å². The fourth-order valence-electron chi connectivity index (χ4n) is 1.96. The number of hydrogen-bond acceptors (Lipinski definition) is 2. The van der Waals surface area contributed by atoms with Gasteiger partial charge in [0.05, 0.1) is 13.2 Å². The summed E-state index contributed by atoms with van der Waals surface area (Å²) in [5, 5.41) is 0. The molecule has 18 heavy (non-hydrogen) atoms. The monoisotopic (exact) mass is 245 g/mol. The average Bonchev–Trinajstić information content (AvgIpc) is 2.41. The minimum Gasteiger partial charge on any atom is -0.496 e. The second-order valence-corrected chi connectivity index (χ2v) is 4.23. The van der Waals surface area contributed by atoms with E-state index in [1.807, 2.05) is 24.3 Å². The van der Waals surface area contributed by atoms with Crippen LogP contribution in [-0.4, -0.2) is 7.11 Å². The molecule has 0 amide bonds. The van der Waals surface area contributed by atoms with Crippen LogP contribution < -0.4 is 10.5 Å². The van der Waals surface area contributed by atoms with E-state index in [9.17, 15) is 4.39 Å². The summed E-state index contributed by atoms with van der Waals surface area (Å²) in [5.41, 5.74) is 8.57. The maximum Gasteiger partial charge on any atom is 0.126 e. The van der Waals surface area contributed by atoms with Gasteiger partial charge in [0.25, 0.3) is 0 Å². The fourth-order valence-corrected chi connectivity index (χ4v) is 1.96. The van der Waals surface area contributed by atoms with Gasteiger partial charge in [0.1, 0.15) is 11.6 Å². The van der Waals surface area contributed by atoms with Gasteiger partial charge < -0.3 is 10.5 Å². The lowest BCUT2D eigenvalue weighted by molar-refractivity contribution is 0.408. The Hall–Kier alpha value is -1.87. The van der Waals surface area contributed by atoms with Crippen LogP contribution in [0.2, 0.25) is 0 Å². The Morgan fingerprint density at radius 2 is 1.89 bits per heavy atom. The molecule has 2 aromatic carbocycles. The van der Waals surface area contributed by atoms with Crippen LogP contribution in [0.15, 0.2) is 42.5 Å². The van der Waals surface area contributed by atoms with Crippen LogP contribution in [0.3, 0.4) is 0 Å². The Bertz CT molecular complexity index is 554. The fraction of sp³-hybridized carbons (Fsp3) is 0.200. The Labute approximate surface area is 106 Å². The summed E-state index contributed by atoms with van der Waals surface area (Å²) >= 11 is 0. The summed E-state index contributed by atoms with van der Waals surface area (Å²) in [7, 11) is 1.61. The number of methoxy groups -OCH3 is 1. The Morgan fingerprint density at radius 3 is 2.56 bits per heavy atom. The van der Waals surface area contributed by atoms with E-state index >= 15 is 0 Å². The molecule has 0 saturated heterocycles. The maximum atomic E-state index is 13.2. The van der Waals surface area contributed by atoms with Gasteiger partial charge >= 0.3 is 0 Å². The Balaban J connectivity index is 2.41. The molecule has 0 bridgehead atoms. The highest BCUT2D eigenvalue weighted by molar-refractivity contribution is 5.42. The minimum absolute atomic E-state index is 0.217. The number of rotatable bonds is 3. The third-order valence-electron chi connectivity index (χ3n) is 3.02. The lowest BCUT2D eigenvalue weighted by Crippen LogP contribution is -2.13. The molecule has 94 valence electrons. The maximum absolute atomic E-state index is 13.2. The summed E-state index contributed by atoms with van der Waals surface area (Å²) in [6, 6.07) is 12.2. The van der Waals surface area contributed by atoms with Gasteiger partial charge in [0.15, 0.2) is 0 Å². The van der Waals surface area contributed by atoms with Crippen LogP contribution in [0.5, 0.6) is 5.75 Å². The first-order chi connectivity index (χ1) is 8.63. The lowest BCUT2D eigenvalue weighted by atomic mass is 9.97. The molecule has 0 heterocycles. The van der Waals surface area contributed by atoms with Crippen molar-refractivity contribution >= 4 is 0 Å². The first-order valence-corrected chi connectivity index (χ1v) is 5.78. The standard InChI is InChI=1S/C15H16FNO/c1-10-9-11(7-8-13(10)16)15(17)12-5-3-4-6-14(12)18-2/h3-9,15H,17H2,1-2H3. The van der Waals surface area contributed by atoms with Crippen molar-refractivity contribution in [3.8, 4) is 5.75 Å². The molecule has 0 spiro atoms. The molecule has 0 aliphatic rings. The van der Waals surface area contributed by atoms with E-state index < -0.39 is 0 Å². The van der Waals surface area contributed by atoms with Crippen LogP contribution in [0.25, 0.3) is 0 Å². The summed E-state index contributed by atoms with van der Waals surface area (Å²) < 4.78 is 18.5. The molecule has 0 fully saturated rings. The quantitative estimate of drug-likeness (QED) is 0.901. The molecule has 2 nitrogen and oxygen atoms in total. The molecular formula is C15H16FNO. The number of benzene rings is 2. The second-order valence-electron chi connectivity index (χ2n) is 4.23. The first kappa shape index (κ1) is 12.6. The van der Waals surface area contributed by atoms with E-state index in [-0.39, 0.29) is 11.9 Å². The van der Waals surface area contributed by atoms with Crippen molar-refractivity contribution in [3.05, 3.63) is 65.0 Å². The molecule has 3 heteroatoms. The van der Waals surface area contributed by atoms with Crippen LogP contribution in [0.4, 0.5) is 4.39 Å². The van der Waals surface area contributed by atoms with Gasteiger partial charge in [-0.05, 0) is 30.2 Å². The topological polar surface area (TPSA) is 35.2 Å².